The van der Waals surface area contributed by atoms with Crippen LogP contribution in [0.2, 0.25) is 0 Å². The Bertz CT molecular complexity index is 5360. The van der Waals surface area contributed by atoms with Gasteiger partial charge in [-0.3, -0.25) is 9.59 Å². The minimum absolute atomic E-state index is 0.0560. The van der Waals surface area contributed by atoms with Crippen LogP contribution in [0.3, 0.4) is 0 Å². The summed E-state index contributed by atoms with van der Waals surface area (Å²) in [6, 6.07) is 49.0. The number of benzene rings is 9. The molecule has 0 saturated carbocycles. The summed E-state index contributed by atoms with van der Waals surface area (Å²) >= 11 is 0. The Morgan fingerprint density at radius 3 is 0.827 bits per heavy atom. The van der Waals surface area contributed by atoms with E-state index in [1.165, 1.54) is 26.0 Å². The maximum atomic E-state index is 10.8. The van der Waals surface area contributed by atoms with Gasteiger partial charge in [-0.25, -0.2) is 24.7 Å². The SMILES string of the molecule is CC=O.CC=O.CCN(C)C.Cc1cc(-c2nc(CC(=O)O)c(C)o2)cc(C)c1O.Cc1cc(-c2nc(CCO)c(C)o2)cc(C)c1O.Cc1cc(-c2nc(CCOc3ccccc3)c(C)o2)cc(C)c1O.Cc1cc(-c2nc(CCOc3ccccc3)c(C)o2)cc(C)c1O.Cc1cc(C(=O)O)cc(C)c1O.Cc1cc(C(N)=O)cc(C)c1O.Oc1ccccc1. The summed E-state index contributed by atoms with van der Waals surface area (Å²) in [4.78, 5) is 69.5. The molecule has 1 amide bonds. The van der Waals surface area contributed by atoms with Crippen molar-refractivity contribution in [2.24, 2.45) is 5.73 Å². The summed E-state index contributed by atoms with van der Waals surface area (Å²) in [5.74, 6) is 6.09. The van der Waals surface area contributed by atoms with Crippen LogP contribution in [0.4, 0.5) is 0 Å². The number of nitrogens with two attached hydrogens (primary N) is 1. The van der Waals surface area contributed by atoms with Crippen molar-refractivity contribution in [1.82, 2.24) is 24.8 Å². The minimum Gasteiger partial charge on any atom is -0.508 e. The molecule has 0 aliphatic rings. The third kappa shape index (κ3) is 34.0. The number of carbonyl (C=O) groups excluding carboxylic acids is 3. The highest BCUT2D eigenvalue weighted by molar-refractivity contribution is 5.93. The van der Waals surface area contributed by atoms with E-state index in [4.69, 9.17) is 62.9 Å². The predicted octanol–water partition coefficient (Wildman–Crippen LogP) is 19.5. The molecule has 0 fully saturated rings. The number of rotatable bonds is 19. The standard InChI is InChI=1S/2C20H21NO3.C14H15NO4.C14H17NO3.C9H11NO2.C9H10O3.C6H6O.C4H11N.2C2H4O/c2*1-13-11-16(12-14(2)19(13)22)20-21-18(15(3)24-20)9-10-23-17-7-5-4-6-8-17;1-7-4-10(5-8(2)13(7)18)14-15-11(6-12(16)17)9(3)19-14;1-8-6-11(7-9(2)13(8)17)14-15-12(4-5-16)10(3)18-14;1-5-3-7(9(10)12)4-6(2)8(5)11;1-5-3-7(9(11)12)4-6(2)8(5)10;7-6-4-2-1-3-5-6;1-4-5(2)3;2*1-2-3/h2*4-8,11-12,22H,9-10H2,1-3H3;4-5,18H,6H2,1-3H3,(H,16,17);6-7,16-17H,4-5H2,1-3H3;3-4,11H,1-2H3,(H2,10,12);3-4,10H,1-2H3,(H,11,12);1-5,7H;4H2,1-3H3;2*2H,1H3. The van der Waals surface area contributed by atoms with Crippen molar-refractivity contribution in [2.75, 3.05) is 40.5 Å². The van der Waals surface area contributed by atoms with Crippen molar-refractivity contribution in [1.29, 1.82) is 0 Å². The van der Waals surface area contributed by atoms with Crippen molar-refractivity contribution in [3.05, 3.63) is 287 Å². The lowest BCUT2D eigenvalue weighted by Gasteiger charge is -2.05. The van der Waals surface area contributed by atoms with Crippen LogP contribution in [0.1, 0.15) is 154 Å². The van der Waals surface area contributed by atoms with Gasteiger partial charge in [0, 0.05) is 53.7 Å². The van der Waals surface area contributed by atoms with E-state index in [2.05, 4.69) is 45.9 Å². The van der Waals surface area contributed by atoms with Gasteiger partial charge in [0.2, 0.25) is 29.5 Å². The Labute approximate surface area is 742 Å². The highest BCUT2D eigenvalue weighted by atomic mass is 16.5. The van der Waals surface area contributed by atoms with E-state index in [0.29, 0.717) is 118 Å². The highest BCUT2D eigenvalue weighted by Gasteiger charge is 2.20. The van der Waals surface area contributed by atoms with Crippen molar-refractivity contribution in [2.45, 2.75) is 157 Å². The largest absolute Gasteiger partial charge is 0.508 e. The van der Waals surface area contributed by atoms with E-state index in [1.54, 1.807) is 97.0 Å². The third-order valence-electron chi connectivity index (χ3n) is 18.8. The average molecular weight is 1740 g/mol. The van der Waals surface area contributed by atoms with Gasteiger partial charge in [-0.05, 0) is 321 Å². The molecule has 0 aliphatic heterocycles. The Hall–Kier alpha value is -14.3. The second-order valence-electron chi connectivity index (χ2n) is 29.6. The van der Waals surface area contributed by atoms with Gasteiger partial charge in [0.1, 0.15) is 87.4 Å². The van der Waals surface area contributed by atoms with E-state index in [0.717, 1.165) is 132 Å². The van der Waals surface area contributed by atoms with Crippen molar-refractivity contribution >= 4 is 30.4 Å². The van der Waals surface area contributed by atoms with Crippen LogP contribution in [0.15, 0.2) is 181 Å². The fourth-order valence-corrected chi connectivity index (χ4v) is 11.8. The zero-order chi connectivity index (χ0) is 95.1. The number of carbonyl (C=O) groups is 5. The predicted molar refractivity (Wildman–Crippen MR) is 491 cm³/mol. The summed E-state index contributed by atoms with van der Waals surface area (Å²) in [6.45, 7) is 36.2. The Kier molecular flexibility index (Phi) is 43.3. The molecule has 4 heterocycles. The van der Waals surface area contributed by atoms with Crippen LogP contribution in [-0.4, -0.2) is 147 Å². The number of aliphatic hydroxyl groups is 1. The number of aryl methyl sites for hydroxylation is 16. The van der Waals surface area contributed by atoms with Crippen molar-refractivity contribution < 1.29 is 102 Å². The maximum absolute atomic E-state index is 10.8. The van der Waals surface area contributed by atoms with Crippen molar-refractivity contribution in [3.63, 3.8) is 0 Å². The van der Waals surface area contributed by atoms with Gasteiger partial charge in [-0.15, -0.1) is 0 Å². The molecule has 27 heteroatoms. The first-order valence-electron chi connectivity index (χ1n) is 40.6. The first-order valence-corrected chi connectivity index (χ1v) is 40.6. The van der Waals surface area contributed by atoms with Gasteiger partial charge in [-0.1, -0.05) is 61.5 Å². The molecule has 0 unspecified atom stereocenters. The number of carboxylic acid groups (broad SMARTS) is 2. The number of phenols is 7. The number of aromatic carboxylic acids is 1. The molecule has 127 heavy (non-hydrogen) atoms. The number of hydrogen-bond acceptors (Lipinski definition) is 24. The molecule has 0 radical (unpaired) electrons. The summed E-state index contributed by atoms with van der Waals surface area (Å²) < 4.78 is 34.1. The number of amides is 1. The van der Waals surface area contributed by atoms with Crippen LogP contribution in [0, 0.1) is 111 Å². The van der Waals surface area contributed by atoms with Gasteiger partial charge in [-0.2, -0.15) is 0 Å². The lowest BCUT2D eigenvalue weighted by atomic mass is 10.1. The maximum Gasteiger partial charge on any atom is 0.335 e. The molecule has 0 aliphatic carbocycles. The number of oxazole rings is 4. The third-order valence-corrected chi connectivity index (χ3v) is 18.8. The number of primary amides is 1. The molecule has 0 saturated heterocycles. The van der Waals surface area contributed by atoms with Gasteiger partial charge < -0.3 is 98.4 Å². The number of aromatic nitrogens is 4. The number of aromatic hydroxyl groups is 7. The van der Waals surface area contributed by atoms with E-state index in [1.807, 2.05) is 165 Å². The lowest BCUT2D eigenvalue weighted by molar-refractivity contribution is -0.136. The zero-order valence-corrected chi connectivity index (χ0v) is 76.2. The first kappa shape index (κ1) is 105. The fraction of sp³-hybridized carbons (Fsp3) is 0.290. The zero-order valence-electron chi connectivity index (χ0n) is 76.2. The number of hydrogen-bond donors (Lipinski definition) is 11. The molecular formula is C100H120N6O21. The van der Waals surface area contributed by atoms with Gasteiger partial charge in [0.25, 0.3) is 0 Å². The normalized spacial score (nSPS) is 10.1. The topological polar surface area (TPSA) is 439 Å². The molecule has 0 spiro atoms. The van der Waals surface area contributed by atoms with E-state index >= 15 is 0 Å². The second-order valence-corrected chi connectivity index (χ2v) is 29.6. The molecule has 27 nitrogen and oxygen atoms in total. The number of aliphatic hydroxyl groups excluding tert-OH is 1. The summed E-state index contributed by atoms with van der Waals surface area (Å²) in [6.07, 6.45) is 3.19. The van der Waals surface area contributed by atoms with Crippen molar-refractivity contribution in [3.8, 4) is 97.6 Å². The molecule has 9 aromatic carbocycles. The second kappa shape index (κ2) is 52.3. The van der Waals surface area contributed by atoms with Crippen LogP contribution in [0.25, 0.3) is 45.8 Å². The highest BCUT2D eigenvalue weighted by Crippen LogP contribution is 2.35. The first-order chi connectivity index (χ1) is 60.0. The van der Waals surface area contributed by atoms with Crippen LogP contribution >= 0.6 is 0 Å². The molecular weight excluding hydrogens is 1620 g/mol. The molecule has 12 N–H and O–H groups in total. The molecule has 13 aromatic rings. The van der Waals surface area contributed by atoms with Gasteiger partial charge >= 0.3 is 11.9 Å². The number of ether oxygens (including phenoxy) is 2. The lowest BCUT2D eigenvalue weighted by Crippen LogP contribution is -2.11. The van der Waals surface area contributed by atoms with E-state index in [9.17, 15) is 45.0 Å². The smallest absolute Gasteiger partial charge is 0.335 e. The number of para-hydroxylation sites is 3. The van der Waals surface area contributed by atoms with Gasteiger partial charge in [0.15, 0.2) is 0 Å². The number of carboxylic acids is 2. The number of nitrogens with zero attached hydrogens (tertiary/aromatic N) is 5. The summed E-state index contributed by atoms with van der Waals surface area (Å²) in [7, 11) is 4.11. The van der Waals surface area contributed by atoms with Gasteiger partial charge in [0.05, 0.1) is 48.0 Å². The number of aldehydes is 2. The van der Waals surface area contributed by atoms with Crippen LogP contribution in [0.5, 0.6) is 51.7 Å². The quantitative estimate of drug-likeness (QED) is 0.0335. The monoisotopic (exact) mass is 1740 g/mol. The molecule has 0 atom stereocenters. The molecule has 4 aromatic heterocycles. The van der Waals surface area contributed by atoms with E-state index in [-0.39, 0.29) is 35.8 Å². The number of phenolic OH excluding ortho intramolecular Hbond substituents is 7. The van der Waals surface area contributed by atoms with Crippen LogP contribution in [-0.2, 0) is 40.1 Å². The molecule has 676 valence electrons. The minimum atomic E-state index is -0.971. The Morgan fingerprint density at radius 1 is 0.378 bits per heavy atom. The molecule has 0 bridgehead atoms. The fourth-order valence-electron chi connectivity index (χ4n) is 11.8. The van der Waals surface area contributed by atoms with Crippen LogP contribution < -0.4 is 15.2 Å². The molecule has 13 rings (SSSR count). The number of aliphatic carboxylic acids is 1. The summed E-state index contributed by atoms with van der Waals surface area (Å²) in [5.41, 5.74) is 20.9. The Balaban J connectivity index is 0.000000311. The Morgan fingerprint density at radius 2 is 0.606 bits per heavy atom. The summed E-state index contributed by atoms with van der Waals surface area (Å²) in [5, 5.41) is 92.9. The van der Waals surface area contributed by atoms with E-state index < -0.39 is 17.8 Å². The average Bonchev–Trinajstić information content (AvgIpc) is 1.69.